The largest absolute Gasteiger partial charge is 0.284 e. The van der Waals surface area contributed by atoms with Gasteiger partial charge in [-0.1, -0.05) is 36.4 Å². The lowest BCUT2D eigenvalue weighted by molar-refractivity contribution is 0.602. The second-order valence-electron chi connectivity index (χ2n) is 4.29. The van der Waals surface area contributed by atoms with Gasteiger partial charge in [0.15, 0.2) is 0 Å². The molecule has 0 aliphatic heterocycles. The van der Waals surface area contributed by atoms with Crippen molar-refractivity contribution in [2.24, 2.45) is 0 Å². The topological polar surface area (TPSA) is 46.2 Å². The van der Waals surface area contributed by atoms with E-state index < -0.39 is 10.0 Å². The fourth-order valence-corrected chi connectivity index (χ4v) is 2.36. The lowest BCUT2D eigenvalue weighted by atomic mass is 10.1. The van der Waals surface area contributed by atoms with Gasteiger partial charge in [-0.15, -0.1) is 0 Å². The molecule has 2 rings (SSSR count). The van der Waals surface area contributed by atoms with Crippen LogP contribution >= 0.6 is 0 Å². The summed E-state index contributed by atoms with van der Waals surface area (Å²) in [4.78, 5) is 0. The van der Waals surface area contributed by atoms with Gasteiger partial charge in [-0.25, -0.2) is 8.42 Å². The number of anilines is 1. The second kappa shape index (κ2) is 5.89. The van der Waals surface area contributed by atoms with Crippen LogP contribution < -0.4 is 4.72 Å². The molecule has 0 heterocycles. The van der Waals surface area contributed by atoms with Crippen LogP contribution in [0.4, 0.5) is 5.69 Å². The van der Waals surface area contributed by atoms with Crippen molar-refractivity contribution >= 4 is 15.7 Å². The van der Waals surface area contributed by atoms with Crippen LogP contribution in [0, 0.1) is 6.07 Å². The first kappa shape index (κ1) is 13.6. The highest BCUT2D eigenvalue weighted by Gasteiger charge is 2.06. The zero-order valence-corrected chi connectivity index (χ0v) is 11.6. The average molecular weight is 274 g/mol. The highest BCUT2D eigenvalue weighted by molar-refractivity contribution is 7.92. The minimum Gasteiger partial charge on any atom is -0.284 e. The Balaban J connectivity index is 2.07. The molecular weight excluding hydrogens is 258 g/mol. The highest BCUT2D eigenvalue weighted by Crippen LogP contribution is 2.14. The van der Waals surface area contributed by atoms with Crippen molar-refractivity contribution in [1.29, 1.82) is 0 Å². The van der Waals surface area contributed by atoms with E-state index in [1.807, 2.05) is 36.4 Å². The SMILES string of the molecule is CCS(=O)(=O)Nc1ccc(Cc2c[c]ccc2)cc1. The van der Waals surface area contributed by atoms with E-state index in [-0.39, 0.29) is 5.75 Å². The predicted molar refractivity (Wildman–Crippen MR) is 77.6 cm³/mol. The summed E-state index contributed by atoms with van der Waals surface area (Å²) >= 11 is 0. The van der Waals surface area contributed by atoms with Gasteiger partial charge in [0.05, 0.1) is 5.75 Å². The highest BCUT2D eigenvalue weighted by atomic mass is 32.2. The summed E-state index contributed by atoms with van der Waals surface area (Å²) in [6.07, 6.45) is 0.818. The standard InChI is InChI=1S/C15H16NO2S/c1-2-19(17,18)16-15-10-8-14(9-11-15)12-13-6-4-3-5-7-13/h3-4,6-11,16H,2,12H2,1H3. The lowest BCUT2D eigenvalue weighted by Crippen LogP contribution is -2.14. The van der Waals surface area contributed by atoms with E-state index in [0.717, 1.165) is 12.0 Å². The van der Waals surface area contributed by atoms with E-state index in [0.29, 0.717) is 5.69 Å². The molecule has 0 spiro atoms. The summed E-state index contributed by atoms with van der Waals surface area (Å²) in [7, 11) is -3.20. The van der Waals surface area contributed by atoms with Crippen molar-refractivity contribution in [2.45, 2.75) is 13.3 Å². The first-order valence-corrected chi connectivity index (χ1v) is 7.79. The van der Waals surface area contributed by atoms with Gasteiger partial charge < -0.3 is 0 Å². The first-order valence-electron chi connectivity index (χ1n) is 6.13. The Labute approximate surface area is 114 Å². The molecule has 19 heavy (non-hydrogen) atoms. The number of nitrogens with one attached hydrogen (secondary N) is 1. The Morgan fingerprint density at radius 2 is 1.84 bits per heavy atom. The monoisotopic (exact) mass is 274 g/mol. The number of sulfonamides is 1. The van der Waals surface area contributed by atoms with E-state index in [2.05, 4.69) is 10.8 Å². The first-order chi connectivity index (χ1) is 9.09. The van der Waals surface area contributed by atoms with Gasteiger partial charge >= 0.3 is 0 Å². The summed E-state index contributed by atoms with van der Waals surface area (Å²) in [5.74, 6) is 0.0780. The molecule has 0 amide bonds. The Kier molecular flexibility index (Phi) is 4.22. The zero-order valence-electron chi connectivity index (χ0n) is 10.8. The van der Waals surface area contributed by atoms with E-state index in [9.17, 15) is 8.42 Å². The maximum atomic E-state index is 11.4. The molecule has 2 aromatic carbocycles. The molecule has 2 aromatic rings. The summed E-state index contributed by atoms with van der Waals surface area (Å²) in [6.45, 7) is 1.61. The Morgan fingerprint density at radius 1 is 1.11 bits per heavy atom. The van der Waals surface area contributed by atoms with E-state index >= 15 is 0 Å². The van der Waals surface area contributed by atoms with Crippen LogP contribution in [0.15, 0.2) is 48.5 Å². The molecule has 3 nitrogen and oxygen atoms in total. The fourth-order valence-electron chi connectivity index (χ4n) is 1.72. The summed E-state index contributed by atoms with van der Waals surface area (Å²) < 4.78 is 25.4. The van der Waals surface area contributed by atoms with Gasteiger partial charge in [0.2, 0.25) is 10.0 Å². The maximum absolute atomic E-state index is 11.4. The van der Waals surface area contributed by atoms with Gasteiger partial charge in [-0.2, -0.15) is 0 Å². The Morgan fingerprint density at radius 3 is 2.42 bits per heavy atom. The molecule has 0 aliphatic carbocycles. The number of hydrogen-bond donors (Lipinski definition) is 1. The lowest BCUT2D eigenvalue weighted by Gasteiger charge is -2.07. The van der Waals surface area contributed by atoms with Crippen LogP contribution in [0.3, 0.4) is 0 Å². The molecule has 0 aliphatic rings. The van der Waals surface area contributed by atoms with Gasteiger partial charge in [0.25, 0.3) is 0 Å². The third-order valence-electron chi connectivity index (χ3n) is 2.79. The third kappa shape index (κ3) is 4.10. The molecule has 4 heteroatoms. The van der Waals surface area contributed by atoms with Crippen molar-refractivity contribution in [3.05, 3.63) is 65.7 Å². The molecule has 0 saturated heterocycles. The van der Waals surface area contributed by atoms with E-state index in [4.69, 9.17) is 0 Å². The van der Waals surface area contributed by atoms with Crippen LogP contribution in [0.25, 0.3) is 0 Å². The zero-order chi connectivity index (χ0) is 13.7. The molecule has 1 radical (unpaired) electrons. The molecule has 0 aromatic heterocycles. The molecule has 0 bridgehead atoms. The van der Waals surface area contributed by atoms with Crippen LogP contribution in [-0.2, 0) is 16.4 Å². The van der Waals surface area contributed by atoms with Crippen molar-refractivity contribution in [2.75, 3.05) is 10.5 Å². The maximum Gasteiger partial charge on any atom is 0.232 e. The molecule has 0 saturated carbocycles. The van der Waals surface area contributed by atoms with Gasteiger partial charge in [0, 0.05) is 5.69 Å². The normalized spacial score (nSPS) is 11.2. The molecule has 0 unspecified atom stereocenters. The Hall–Kier alpha value is -1.81. The second-order valence-corrected chi connectivity index (χ2v) is 6.30. The van der Waals surface area contributed by atoms with Gasteiger partial charge in [-0.05, 0) is 42.7 Å². The Bertz CT molecular complexity index is 619. The number of benzene rings is 2. The van der Waals surface area contributed by atoms with Crippen molar-refractivity contribution < 1.29 is 8.42 Å². The van der Waals surface area contributed by atoms with Crippen molar-refractivity contribution in [3.8, 4) is 0 Å². The van der Waals surface area contributed by atoms with Crippen LogP contribution in [0.2, 0.25) is 0 Å². The van der Waals surface area contributed by atoms with Crippen molar-refractivity contribution in [3.63, 3.8) is 0 Å². The molecule has 0 atom stereocenters. The molecular formula is C15H16NO2S. The quantitative estimate of drug-likeness (QED) is 0.911. The minimum atomic E-state index is -3.20. The molecule has 0 fully saturated rings. The average Bonchev–Trinajstić information content (AvgIpc) is 2.42. The number of hydrogen-bond acceptors (Lipinski definition) is 2. The summed E-state index contributed by atoms with van der Waals surface area (Å²) in [5.41, 5.74) is 2.92. The van der Waals surface area contributed by atoms with E-state index in [1.54, 1.807) is 19.1 Å². The van der Waals surface area contributed by atoms with Crippen LogP contribution in [0.5, 0.6) is 0 Å². The minimum absolute atomic E-state index is 0.0780. The third-order valence-corrected chi connectivity index (χ3v) is 4.09. The number of rotatable bonds is 5. The molecule has 1 N–H and O–H groups in total. The van der Waals surface area contributed by atoms with Gasteiger partial charge in [0.1, 0.15) is 0 Å². The summed E-state index contributed by atoms with van der Waals surface area (Å²) in [6, 6.07) is 18.3. The molecule has 99 valence electrons. The fraction of sp³-hybridized carbons (Fsp3) is 0.200. The van der Waals surface area contributed by atoms with Crippen molar-refractivity contribution in [1.82, 2.24) is 0 Å². The predicted octanol–water partition coefficient (Wildman–Crippen LogP) is 2.84. The van der Waals surface area contributed by atoms with Crippen LogP contribution in [-0.4, -0.2) is 14.2 Å². The summed E-state index contributed by atoms with van der Waals surface area (Å²) in [5, 5.41) is 0. The van der Waals surface area contributed by atoms with Gasteiger partial charge in [-0.3, -0.25) is 4.72 Å². The van der Waals surface area contributed by atoms with Crippen LogP contribution in [0.1, 0.15) is 18.1 Å². The smallest absolute Gasteiger partial charge is 0.232 e. The van der Waals surface area contributed by atoms with E-state index in [1.165, 1.54) is 5.56 Å².